The molecule has 0 spiro atoms. The highest BCUT2D eigenvalue weighted by Crippen LogP contribution is 2.24. The summed E-state index contributed by atoms with van der Waals surface area (Å²) in [6, 6.07) is 15.5. The fourth-order valence-corrected chi connectivity index (χ4v) is 4.09. The summed E-state index contributed by atoms with van der Waals surface area (Å²) in [5.41, 5.74) is 3.99. The summed E-state index contributed by atoms with van der Waals surface area (Å²) >= 11 is 0. The fraction of sp³-hybridized carbons (Fsp3) is 0.444. The van der Waals surface area contributed by atoms with Crippen molar-refractivity contribution in [1.29, 1.82) is 0 Å². The Morgan fingerprint density at radius 2 is 1.94 bits per heavy atom. The molecule has 176 valence electrons. The number of rotatable bonds is 8. The normalized spacial score (nSPS) is 16.3. The molecule has 1 atom stereocenters. The summed E-state index contributed by atoms with van der Waals surface area (Å²) in [6.07, 6.45) is 2.31. The zero-order valence-corrected chi connectivity index (χ0v) is 20.1. The second-order valence-electron chi connectivity index (χ2n) is 10.1. The van der Waals surface area contributed by atoms with Crippen molar-refractivity contribution in [1.82, 2.24) is 9.88 Å². The molecule has 1 fully saturated rings. The lowest BCUT2D eigenvalue weighted by Crippen LogP contribution is -2.27. The van der Waals surface area contributed by atoms with Crippen LogP contribution in [0.5, 0.6) is 5.75 Å². The molecule has 1 aromatic heterocycles. The second kappa shape index (κ2) is 9.98. The molecule has 1 aliphatic heterocycles. The maximum atomic E-state index is 12.7. The summed E-state index contributed by atoms with van der Waals surface area (Å²) in [5.74, 6) is 0.614. The van der Waals surface area contributed by atoms with Crippen LogP contribution in [0, 0.1) is 5.41 Å². The lowest BCUT2D eigenvalue weighted by molar-refractivity contribution is 0.0679. The van der Waals surface area contributed by atoms with Crippen molar-refractivity contribution in [2.75, 3.05) is 25.1 Å². The Balaban J connectivity index is 1.37. The molecule has 1 amide bonds. The van der Waals surface area contributed by atoms with Crippen LogP contribution in [-0.2, 0) is 18.3 Å². The molecule has 0 bridgehead atoms. The van der Waals surface area contributed by atoms with Gasteiger partial charge in [-0.1, -0.05) is 20.8 Å². The van der Waals surface area contributed by atoms with Gasteiger partial charge in [-0.15, -0.1) is 0 Å². The number of aromatic nitrogens is 1. The van der Waals surface area contributed by atoms with Gasteiger partial charge in [0, 0.05) is 54.6 Å². The molecule has 0 aliphatic carbocycles. The molecular formula is C27H35N3O3. The van der Waals surface area contributed by atoms with Crippen LogP contribution in [0.25, 0.3) is 10.9 Å². The van der Waals surface area contributed by atoms with Crippen molar-refractivity contribution in [3.8, 4) is 5.75 Å². The number of aryl methyl sites for hydroxylation is 1. The molecular weight excluding hydrogens is 414 g/mol. The molecule has 2 N–H and O–H groups in total. The number of ether oxygens (including phenoxy) is 2. The minimum Gasteiger partial charge on any atom is -0.491 e. The third-order valence-corrected chi connectivity index (χ3v) is 5.94. The highest BCUT2D eigenvalue weighted by molar-refractivity contribution is 6.05. The SMILES string of the molecule is Cn1c(CNCC(C)(C)C)cc2cc(NC(=O)c3ccc(OCC4CCCO4)cc3)ccc21. The van der Waals surface area contributed by atoms with Gasteiger partial charge < -0.3 is 24.7 Å². The van der Waals surface area contributed by atoms with Crippen LogP contribution in [0.2, 0.25) is 0 Å². The molecule has 2 aromatic carbocycles. The molecule has 4 rings (SSSR count). The van der Waals surface area contributed by atoms with Crippen molar-refractivity contribution >= 4 is 22.5 Å². The Morgan fingerprint density at radius 1 is 1.15 bits per heavy atom. The van der Waals surface area contributed by atoms with Crippen LogP contribution in [0.4, 0.5) is 5.69 Å². The summed E-state index contributed by atoms with van der Waals surface area (Å²) < 4.78 is 13.6. The van der Waals surface area contributed by atoms with Gasteiger partial charge in [0.25, 0.3) is 5.91 Å². The van der Waals surface area contributed by atoms with Crippen molar-refractivity contribution in [3.05, 3.63) is 59.8 Å². The van der Waals surface area contributed by atoms with Gasteiger partial charge in [0.05, 0.1) is 6.10 Å². The van der Waals surface area contributed by atoms with E-state index in [1.54, 1.807) is 12.1 Å². The Labute approximate surface area is 196 Å². The number of carbonyl (C=O) groups excluding carboxylic acids is 1. The molecule has 2 heterocycles. The summed E-state index contributed by atoms with van der Waals surface area (Å²) in [6.45, 7) is 9.81. The number of hydrogen-bond donors (Lipinski definition) is 2. The van der Waals surface area contributed by atoms with Crippen molar-refractivity contribution < 1.29 is 14.3 Å². The minimum atomic E-state index is -0.136. The minimum absolute atomic E-state index is 0.136. The van der Waals surface area contributed by atoms with E-state index in [4.69, 9.17) is 9.47 Å². The largest absolute Gasteiger partial charge is 0.491 e. The second-order valence-corrected chi connectivity index (χ2v) is 10.1. The van der Waals surface area contributed by atoms with Crippen molar-refractivity contribution in [2.45, 2.75) is 46.3 Å². The van der Waals surface area contributed by atoms with Crippen LogP contribution >= 0.6 is 0 Å². The lowest BCUT2D eigenvalue weighted by Gasteiger charge is -2.18. The van der Waals surface area contributed by atoms with Crippen LogP contribution < -0.4 is 15.4 Å². The highest BCUT2D eigenvalue weighted by Gasteiger charge is 2.16. The zero-order chi connectivity index (χ0) is 23.4. The molecule has 1 unspecified atom stereocenters. The van der Waals surface area contributed by atoms with E-state index in [1.165, 1.54) is 5.69 Å². The predicted molar refractivity (Wildman–Crippen MR) is 133 cm³/mol. The average molecular weight is 450 g/mol. The Hall–Kier alpha value is -2.83. The van der Waals surface area contributed by atoms with Crippen LogP contribution in [0.1, 0.15) is 49.7 Å². The standard InChI is InChI=1S/C27H35N3O3/c1-27(2,3)18-28-16-22-15-20-14-21(9-12-25(20)30(22)4)29-26(31)19-7-10-23(11-8-19)33-17-24-6-5-13-32-24/h7-12,14-15,24,28H,5-6,13,16-18H2,1-4H3,(H,29,31). The third-order valence-electron chi connectivity index (χ3n) is 5.94. The number of hydrogen-bond acceptors (Lipinski definition) is 4. The van der Waals surface area contributed by atoms with E-state index >= 15 is 0 Å². The van der Waals surface area contributed by atoms with E-state index in [1.807, 2.05) is 24.3 Å². The fourth-order valence-electron chi connectivity index (χ4n) is 4.09. The molecule has 6 nitrogen and oxygen atoms in total. The van der Waals surface area contributed by atoms with Gasteiger partial charge in [-0.25, -0.2) is 0 Å². The monoisotopic (exact) mass is 449 g/mol. The number of amides is 1. The molecule has 1 aliphatic rings. The summed E-state index contributed by atoms with van der Waals surface area (Å²) in [5, 5.41) is 7.66. The summed E-state index contributed by atoms with van der Waals surface area (Å²) in [7, 11) is 2.08. The smallest absolute Gasteiger partial charge is 0.255 e. The van der Waals surface area contributed by atoms with E-state index in [-0.39, 0.29) is 17.4 Å². The first-order chi connectivity index (χ1) is 15.8. The maximum Gasteiger partial charge on any atom is 0.255 e. The molecule has 0 saturated carbocycles. The number of fused-ring (bicyclic) bond motifs is 1. The number of benzene rings is 2. The molecule has 33 heavy (non-hydrogen) atoms. The Kier molecular flexibility index (Phi) is 7.05. The third kappa shape index (κ3) is 6.15. The molecule has 6 heteroatoms. The van der Waals surface area contributed by atoms with Gasteiger partial charge in [0.15, 0.2) is 0 Å². The van der Waals surface area contributed by atoms with E-state index < -0.39 is 0 Å². The van der Waals surface area contributed by atoms with Gasteiger partial charge in [-0.2, -0.15) is 0 Å². The van der Waals surface area contributed by atoms with Crippen molar-refractivity contribution in [2.24, 2.45) is 12.5 Å². The van der Waals surface area contributed by atoms with Crippen molar-refractivity contribution in [3.63, 3.8) is 0 Å². The van der Waals surface area contributed by atoms with E-state index in [0.717, 1.165) is 54.9 Å². The van der Waals surface area contributed by atoms with Crippen LogP contribution in [-0.4, -0.2) is 36.3 Å². The number of anilines is 1. The quantitative estimate of drug-likeness (QED) is 0.501. The topological polar surface area (TPSA) is 64.5 Å². The Morgan fingerprint density at radius 3 is 2.64 bits per heavy atom. The summed E-state index contributed by atoms with van der Waals surface area (Å²) in [4.78, 5) is 12.7. The molecule has 0 radical (unpaired) electrons. The van der Waals surface area contributed by atoms with E-state index in [0.29, 0.717) is 12.2 Å². The molecule has 3 aromatic rings. The zero-order valence-electron chi connectivity index (χ0n) is 20.1. The van der Waals surface area contributed by atoms with Crippen LogP contribution in [0.3, 0.4) is 0 Å². The number of carbonyl (C=O) groups is 1. The first-order valence-electron chi connectivity index (χ1n) is 11.7. The Bertz CT molecular complexity index is 1090. The van der Waals surface area contributed by atoms with Gasteiger partial charge in [0.2, 0.25) is 0 Å². The maximum absolute atomic E-state index is 12.7. The first-order valence-corrected chi connectivity index (χ1v) is 11.7. The van der Waals surface area contributed by atoms with E-state index in [2.05, 4.69) is 55.2 Å². The number of nitrogens with zero attached hydrogens (tertiary/aromatic N) is 1. The van der Waals surface area contributed by atoms with Gasteiger partial charge in [0.1, 0.15) is 12.4 Å². The average Bonchev–Trinajstić information content (AvgIpc) is 3.40. The number of nitrogens with one attached hydrogen (secondary N) is 2. The van der Waals surface area contributed by atoms with Gasteiger partial charge >= 0.3 is 0 Å². The van der Waals surface area contributed by atoms with Gasteiger partial charge in [-0.3, -0.25) is 4.79 Å². The van der Waals surface area contributed by atoms with Gasteiger partial charge in [-0.05, 0) is 66.8 Å². The van der Waals surface area contributed by atoms with E-state index in [9.17, 15) is 4.79 Å². The molecule has 1 saturated heterocycles. The first kappa shape index (κ1) is 23.3. The highest BCUT2D eigenvalue weighted by atomic mass is 16.5. The predicted octanol–water partition coefficient (Wildman–Crippen LogP) is 5.12. The van der Waals surface area contributed by atoms with Crippen LogP contribution in [0.15, 0.2) is 48.5 Å². The lowest BCUT2D eigenvalue weighted by atomic mass is 9.97.